The third-order valence-electron chi connectivity index (χ3n) is 5.08. The largest absolute Gasteiger partial charge is 0.339 e. The molecule has 2 aliphatic heterocycles. The summed E-state index contributed by atoms with van der Waals surface area (Å²) in [5, 5.41) is 7.60. The van der Waals surface area contributed by atoms with Gasteiger partial charge in [-0.2, -0.15) is 5.10 Å². The summed E-state index contributed by atoms with van der Waals surface area (Å²) in [6.45, 7) is 3.92. The number of nitrogens with one attached hydrogen (secondary N) is 1. The van der Waals surface area contributed by atoms with Gasteiger partial charge in [-0.25, -0.2) is 9.67 Å². The Morgan fingerprint density at radius 2 is 1.84 bits per heavy atom. The topological polar surface area (TPSA) is 63.1 Å². The zero-order valence-electron chi connectivity index (χ0n) is 13.9. The number of likely N-dealkylation sites (tertiary alicyclic amines) is 1. The third-order valence-corrected chi connectivity index (χ3v) is 5.08. The van der Waals surface area contributed by atoms with E-state index >= 15 is 0 Å². The molecule has 0 saturated carbocycles. The maximum atomic E-state index is 12.9. The van der Waals surface area contributed by atoms with Crippen LogP contribution in [0.4, 0.5) is 0 Å². The van der Waals surface area contributed by atoms with Gasteiger partial charge in [-0.3, -0.25) is 4.79 Å². The van der Waals surface area contributed by atoms with Crippen molar-refractivity contribution in [2.45, 2.75) is 12.8 Å². The minimum atomic E-state index is 0. The van der Waals surface area contributed by atoms with Crippen LogP contribution in [-0.2, 0) is 0 Å². The Kier molecular flexibility index (Phi) is 6.81. The molecule has 0 spiro atoms. The molecule has 1 aromatic carbocycles. The number of aromatic nitrogens is 3. The molecule has 2 aliphatic rings. The lowest BCUT2D eigenvalue weighted by atomic mass is 9.92. The number of nitrogens with zero attached hydrogens (tertiary/aromatic N) is 4. The van der Waals surface area contributed by atoms with Gasteiger partial charge in [0.15, 0.2) is 0 Å². The first-order valence-corrected chi connectivity index (χ1v) is 8.26. The average molecular weight is 384 g/mol. The lowest BCUT2D eigenvalue weighted by Gasteiger charge is -2.21. The van der Waals surface area contributed by atoms with Crippen LogP contribution in [0.25, 0.3) is 5.69 Å². The van der Waals surface area contributed by atoms with E-state index in [0.29, 0.717) is 0 Å². The van der Waals surface area contributed by atoms with E-state index in [-0.39, 0.29) is 30.7 Å². The van der Waals surface area contributed by atoms with Crippen LogP contribution in [0.2, 0.25) is 0 Å². The van der Waals surface area contributed by atoms with Gasteiger partial charge in [0.1, 0.15) is 12.7 Å². The van der Waals surface area contributed by atoms with Crippen molar-refractivity contribution >= 4 is 30.7 Å². The van der Waals surface area contributed by atoms with Gasteiger partial charge in [0.2, 0.25) is 0 Å². The number of benzene rings is 1. The number of halogens is 2. The molecule has 2 fully saturated rings. The van der Waals surface area contributed by atoms with Crippen LogP contribution in [0.5, 0.6) is 0 Å². The third kappa shape index (κ3) is 4.14. The normalized spacial score (nSPS) is 22.3. The lowest BCUT2D eigenvalue weighted by molar-refractivity contribution is 0.0758. The number of carbonyl (C=O) groups is 1. The van der Waals surface area contributed by atoms with Crippen LogP contribution in [0, 0.1) is 11.8 Å². The summed E-state index contributed by atoms with van der Waals surface area (Å²) < 4.78 is 1.68. The molecule has 1 amide bonds. The van der Waals surface area contributed by atoms with Crippen LogP contribution in [0.3, 0.4) is 0 Å². The van der Waals surface area contributed by atoms with E-state index < -0.39 is 0 Å². The predicted molar refractivity (Wildman–Crippen MR) is 101 cm³/mol. The smallest absolute Gasteiger partial charge is 0.253 e. The molecule has 25 heavy (non-hydrogen) atoms. The molecule has 0 aliphatic carbocycles. The second-order valence-electron chi connectivity index (χ2n) is 6.44. The first-order valence-electron chi connectivity index (χ1n) is 8.26. The molecule has 0 bridgehead atoms. The van der Waals surface area contributed by atoms with Gasteiger partial charge in [-0.1, -0.05) is 6.07 Å². The van der Waals surface area contributed by atoms with Gasteiger partial charge < -0.3 is 10.2 Å². The van der Waals surface area contributed by atoms with Crippen molar-refractivity contribution < 1.29 is 4.79 Å². The molecule has 136 valence electrons. The van der Waals surface area contributed by atoms with Crippen molar-refractivity contribution in [2.24, 2.45) is 11.8 Å². The van der Waals surface area contributed by atoms with Gasteiger partial charge >= 0.3 is 0 Å². The monoisotopic (exact) mass is 383 g/mol. The molecule has 0 radical (unpaired) electrons. The highest BCUT2D eigenvalue weighted by atomic mass is 35.5. The number of hydrogen-bond donors (Lipinski definition) is 1. The summed E-state index contributed by atoms with van der Waals surface area (Å²) in [6.07, 6.45) is 5.35. The maximum Gasteiger partial charge on any atom is 0.253 e. The van der Waals surface area contributed by atoms with Gasteiger partial charge in [-0.05, 0) is 56.0 Å². The van der Waals surface area contributed by atoms with Crippen molar-refractivity contribution in [2.75, 3.05) is 26.2 Å². The van der Waals surface area contributed by atoms with Crippen molar-refractivity contribution in [3.63, 3.8) is 0 Å². The first-order chi connectivity index (χ1) is 11.3. The number of carbonyl (C=O) groups excluding carboxylic acids is 1. The predicted octanol–water partition coefficient (Wildman–Crippen LogP) is 2.18. The zero-order chi connectivity index (χ0) is 15.6. The summed E-state index contributed by atoms with van der Waals surface area (Å²) in [5.74, 6) is 1.59. The molecule has 2 saturated heterocycles. The average Bonchev–Trinajstić information content (AvgIpc) is 3.23. The quantitative estimate of drug-likeness (QED) is 0.862. The van der Waals surface area contributed by atoms with E-state index in [0.717, 1.165) is 62.1 Å². The fourth-order valence-corrected chi connectivity index (χ4v) is 3.73. The van der Waals surface area contributed by atoms with E-state index in [1.165, 1.54) is 6.33 Å². The standard InChI is InChI=1S/C17H21N5O.2ClH/c23-17(21-6-4-14-9-18-10-15(14)5-7-21)13-2-1-3-16(8-13)22-12-19-11-20-22;;/h1-3,8,11-12,14-15,18H,4-7,9-10H2;2*1H/t14-,15+;;. The maximum absolute atomic E-state index is 12.9. The van der Waals surface area contributed by atoms with E-state index in [1.54, 1.807) is 11.0 Å². The highest BCUT2D eigenvalue weighted by Crippen LogP contribution is 2.27. The van der Waals surface area contributed by atoms with Crippen molar-refractivity contribution in [3.05, 3.63) is 42.5 Å². The van der Waals surface area contributed by atoms with Crippen LogP contribution in [0.1, 0.15) is 23.2 Å². The summed E-state index contributed by atoms with van der Waals surface area (Å²) >= 11 is 0. The molecule has 1 aromatic heterocycles. The fraction of sp³-hybridized carbons (Fsp3) is 0.471. The molecule has 0 unspecified atom stereocenters. The van der Waals surface area contributed by atoms with Gasteiger partial charge in [0.05, 0.1) is 5.69 Å². The molecule has 6 nitrogen and oxygen atoms in total. The molecular formula is C17H23Cl2N5O. The summed E-state index contributed by atoms with van der Waals surface area (Å²) in [7, 11) is 0. The van der Waals surface area contributed by atoms with Crippen LogP contribution >= 0.6 is 24.8 Å². The Labute approximate surface area is 159 Å². The Morgan fingerprint density at radius 1 is 1.12 bits per heavy atom. The van der Waals surface area contributed by atoms with Crippen LogP contribution in [-0.4, -0.2) is 51.8 Å². The Hall–Kier alpha value is -1.63. The van der Waals surface area contributed by atoms with Crippen molar-refractivity contribution in [3.8, 4) is 5.69 Å². The van der Waals surface area contributed by atoms with Crippen LogP contribution in [0.15, 0.2) is 36.9 Å². The highest BCUT2D eigenvalue weighted by Gasteiger charge is 2.31. The number of fused-ring (bicyclic) bond motifs is 1. The summed E-state index contributed by atoms with van der Waals surface area (Å²) in [5.41, 5.74) is 1.59. The zero-order valence-corrected chi connectivity index (χ0v) is 15.5. The molecular weight excluding hydrogens is 361 g/mol. The SMILES string of the molecule is Cl.Cl.O=C(c1cccc(-n2cncn2)c1)N1CC[C@@H]2CNC[C@@H]2CC1. The minimum Gasteiger partial charge on any atom is -0.339 e. The van der Waals surface area contributed by atoms with E-state index in [2.05, 4.69) is 15.4 Å². The molecule has 2 aromatic rings. The molecule has 2 atom stereocenters. The first kappa shape index (κ1) is 19.7. The second kappa shape index (κ2) is 8.65. The fourth-order valence-electron chi connectivity index (χ4n) is 3.73. The van der Waals surface area contributed by atoms with Crippen molar-refractivity contribution in [1.82, 2.24) is 25.0 Å². The molecule has 3 heterocycles. The summed E-state index contributed by atoms with van der Waals surface area (Å²) in [4.78, 5) is 18.8. The van der Waals surface area contributed by atoms with E-state index in [4.69, 9.17) is 0 Å². The Balaban J connectivity index is 0.00000113. The highest BCUT2D eigenvalue weighted by molar-refractivity contribution is 5.94. The Morgan fingerprint density at radius 3 is 2.48 bits per heavy atom. The van der Waals surface area contributed by atoms with Gasteiger partial charge in [0, 0.05) is 18.7 Å². The summed E-state index contributed by atoms with van der Waals surface area (Å²) in [6, 6.07) is 7.62. The number of hydrogen-bond acceptors (Lipinski definition) is 4. The van der Waals surface area contributed by atoms with Crippen LogP contribution < -0.4 is 5.32 Å². The second-order valence-corrected chi connectivity index (χ2v) is 6.44. The minimum absolute atomic E-state index is 0. The van der Waals surface area contributed by atoms with Gasteiger partial charge in [-0.15, -0.1) is 24.8 Å². The Bertz CT molecular complexity index is 680. The van der Waals surface area contributed by atoms with Gasteiger partial charge in [0.25, 0.3) is 5.91 Å². The van der Waals surface area contributed by atoms with Crippen molar-refractivity contribution in [1.29, 1.82) is 0 Å². The number of rotatable bonds is 2. The van der Waals surface area contributed by atoms with E-state index in [1.807, 2.05) is 29.2 Å². The van der Waals surface area contributed by atoms with E-state index in [9.17, 15) is 4.79 Å². The molecule has 8 heteroatoms. The molecule has 1 N–H and O–H groups in total. The molecule has 4 rings (SSSR count). The lowest BCUT2D eigenvalue weighted by Crippen LogP contribution is -2.32. The number of amides is 1.